The van der Waals surface area contributed by atoms with Crippen molar-refractivity contribution >= 4 is 38.4 Å². The molecular formula is C11H6BrClF6N2O. The van der Waals surface area contributed by atoms with Crippen molar-refractivity contribution in [2.45, 2.75) is 24.5 Å². The highest BCUT2D eigenvalue weighted by Gasteiger charge is 2.70. The molecule has 0 aliphatic heterocycles. The summed E-state index contributed by atoms with van der Waals surface area (Å²) >= 11 is 8.96. The zero-order valence-corrected chi connectivity index (χ0v) is 12.6. The Hall–Kier alpha value is -1.00. The van der Waals surface area contributed by atoms with E-state index in [9.17, 15) is 31.4 Å². The van der Waals surface area contributed by atoms with E-state index in [1.807, 2.05) is 0 Å². The van der Waals surface area contributed by atoms with Gasteiger partial charge in [0.1, 0.15) is 0 Å². The van der Waals surface area contributed by atoms with Crippen molar-refractivity contribution in [2.24, 2.45) is 0 Å². The lowest BCUT2D eigenvalue weighted by molar-refractivity contribution is -0.372. The minimum atomic E-state index is -5.91. The molecule has 0 saturated heterocycles. The Morgan fingerprint density at radius 3 is 2.18 bits per heavy atom. The lowest BCUT2D eigenvalue weighted by Gasteiger charge is -2.32. The first-order chi connectivity index (χ1) is 9.88. The van der Waals surface area contributed by atoms with Crippen molar-refractivity contribution in [1.82, 2.24) is 9.78 Å². The highest BCUT2D eigenvalue weighted by atomic mass is 79.9. The number of fused-ring (bicyclic) bond motifs is 1. The van der Waals surface area contributed by atoms with Gasteiger partial charge in [0.25, 0.3) is 5.60 Å². The monoisotopic (exact) mass is 410 g/mol. The molecule has 3 nitrogen and oxygen atoms in total. The Morgan fingerprint density at radius 1 is 1.14 bits per heavy atom. The fourth-order valence-electron chi connectivity index (χ4n) is 1.78. The van der Waals surface area contributed by atoms with Crippen LogP contribution in [0.25, 0.3) is 10.9 Å². The molecular weight excluding hydrogens is 405 g/mol. The van der Waals surface area contributed by atoms with Crippen molar-refractivity contribution in [3.8, 4) is 0 Å². The van der Waals surface area contributed by atoms with Crippen LogP contribution in [0.2, 0.25) is 5.02 Å². The Bertz CT molecular complexity index is 697. The van der Waals surface area contributed by atoms with Gasteiger partial charge in [-0.2, -0.15) is 31.4 Å². The van der Waals surface area contributed by atoms with Crippen LogP contribution in [0.5, 0.6) is 0 Å². The van der Waals surface area contributed by atoms with E-state index in [1.54, 1.807) is 0 Å². The Morgan fingerprint density at radius 2 is 1.68 bits per heavy atom. The highest BCUT2D eigenvalue weighted by Crippen LogP contribution is 2.44. The summed E-state index contributed by atoms with van der Waals surface area (Å²) in [4.78, 5) is 0. The lowest BCUT2D eigenvalue weighted by atomic mass is 10.0. The highest BCUT2D eigenvalue weighted by molar-refractivity contribution is 9.10. The SMILES string of the molecule is OC(Cn1ncc2c(Cl)c(Br)ccc21)(C(F)(F)F)C(F)(F)F. The molecule has 0 bridgehead atoms. The molecule has 22 heavy (non-hydrogen) atoms. The van der Waals surface area contributed by atoms with Crippen molar-refractivity contribution in [1.29, 1.82) is 0 Å². The predicted octanol–water partition coefficient (Wildman–Crippen LogP) is 4.31. The standard InChI is InChI=1S/C11H6BrClF6N2O/c12-6-1-2-7-5(8(6)13)3-20-21(7)4-9(22,10(14,15)16)11(17,18)19/h1-3,22H,4H2. The molecule has 0 aliphatic carbocycles. The molecule has 1 aromatic heterocycles. The smallest absolute Gasteiger partial charge is 0.372 e. The number of benzene rings is 1. The van der Waals surface area contributed by atoms with Gasteiger partial charge in [-0.3, -0.25) is 4.68 Å². The summed E-state index contributed by atoms with van der Waals surface area (Å²) in [6.45, 7) is -1.83. The van der Waals surface area contributed by atoms with Crippen LogP contribution in [0.1, 0.15) is 0 Å². The van der Waals surface area contributed by atoms with Crippen molar-refractivity contribution in [2.75, 3.05) is 0 Å². The first kappa shape index (κ1) is 17.4. The topological polar surface area (TPSA) is 38.0 Å². The Labute approximate surface area is 132 Å². The summed E-state index contributed by atoms with van der Waals surface area (Å²) in [5.41, 5.74) is -4.99. The van der Waals surface area contributed by atoms with Gasteiger partial charge in [-0.1, -0.05) is 11.6 Å². The maximum atomic E-state index is 12.7. The molecule has 1 heterocycles. The van der Waals surface area contributed by atoms with E-state index in [0.29, 0.717) is 9.15 Å². The number of rotatable bonds is 2. The number of aromatic nitrogens is 2. The van der Waals surface area contributed by atoms with Gasteiger partial charge >= 0.3 is 12.4 Å². The van der Waals surface area contributed by atoms with E-state index in [2.05, 4.69) is 21.0 Å². The zero-order valence-electron chi connectivity index (χ0n) is 10.3. The summed E-state index contributed by atoms with van der Waals surface area (Å²) in [5, 5.41) is 12.9. The molecule has 1 aromatic carbocycles. The van der Waals surface area contributed by atoms with E-state index in [1.165, 1.54) is 12.1 Å². The Kier molecular flexibility index (Phi) is 4.16. The number of hydrogen-bond donors (Lipinski definition) is 1. The summed E-state index contributed by atoms with van der Waals surface area (Å²) in [5.74, 6) is 0. The van der Waals surface area contributed by atoms with Crippen LogP contribution < -0.4 is 0 Å². The summed E-state index contributed by atoms with van der Waals surface area (Å²) in [6.07, 6.45) is -10.8. The minimum absolute atomic E-state index is 0.0693. The second kappa shape index (κ2) is 5.27. The number of halogens is 8. The van der Waals surface area contributed by atoms with E-state index in [4.69, 9.17) is 11.6 Å². The molecule has 0 saturated carbocycles. The largest absolute Gasteiger partial charge is 0.428 e. The average Bonchev–Trinajstić information content (AvgIpc) is 2.75. The molecule has 122 valence electrons. The minimum Gasteiger partial charge on any atom is -0.372 e. The van der Waals surface area contributed by atoms with Crippen LogP contribution in [0.3, 0.4) is 0 Å². The van der Waals surface area contributed by atoms with Gasteiger partial charge in [-0.25, -0.2) is 0 Å². The van der Waals surface area contributed by atoms with Gasteiger partial charge in [0.05, 0.1) is 23.3 Å². The third-order valence-electron chi connectivity index (χ3n) is 3.03. The number of aliphatic hydroxyl groups is 1. The molecule has 0 spiro atoms. The molecule has 0 atom stereocenters. The molecule has 1 N–H and O–H groups in total. The van der Waals surface area contributed by atoms with Gasteiger partial charge in [0, 0.05) is 9.86 Å². The molecule has 11 heteroatoms. The predicted molar refractivity (Wildman–Crippen MR) is 69.5 cm³/mol. The maximum absolute atomic E-state index is 12.7. The molecule has 0 amide bonds. The van der Waals surface area contributed by atoms with E-state index < -0.39 is 24.5 Å². The van der Waals surface area contributed by atoms with Crippen LogP contribution in [0, 0.1) is 0 Å². The Balaban J connectivity index is 2.56. The van der Waals surface area contributed by atoms with Gasteiger partial charge in [0.2, 0.25) is 0 Å². The zero-order chi connectivity index (χ0) is 16.9. The first-order valence-corrected chi connectivity index (χ1v) is 6.71. The van der Waals surface area contributed by atoms with Gasteiger partial charge in [-0.05, 0) is 28.1 Å². The third kappa shape index (κ3) is 2.67. The molecule has 0 aliphatic rings. The van der Waals surface area contributed by atoms with E-state index in [0.717, 1.165) is 6.20 Å². The number of alkyl halides is 6. The second-order valence-electron chi connectivity index (χ2n) is 4.45. The molecule has 0 unspecified atom stereocenters. The summed E-state index contributed by atoms with van der Waals surface area (Å²) in [7, 11) is 0. The quantitative estimate of drug-likeness (QED) is 0.748. The van der Waals surface area contributed by atoms with E-state index in [-0.39, 0.29) is 15.9 Å². The van der Waals surface area contributed by atoms with Crippen LogP contribution in [0.15, 0.2) is 22.8 Å². The number of nitrogens with zero attached hydrogens (tertiary/aromatic N) is 2. The fourth-order valence-corrected chi connectivity index (χ4v) is 2.33. The fraction of sp³-hybridized carbons (Fsp3) is 0.364. The van der Waals surface area contributed by atoms with Crippen molar-refractivity contribution in [3.05, 3.63) is 27.8 Å². The van der Waals surface area contributed by atoms with Crippen molar-refractivity contribution in [3.63, 3.8) is 0 Å². The third-order valence-corrected chi connectivity index (χ3v) is 4.33. The molecule has 0 fully saturated rings. The van der Waals surface area contributed by atoms with E-state index >= 15 is 0 Å². The van der Waals surface area contributed by atoms with Gasteiger partial charge in [-0.15, -0.1) is 0 Å². The average molecular weight is 412 g/mol. The summed E-state index contributed by atoms with van der Waals surface area (Å²) < 4.78 is 77.0. The molecule has 2 aromatic rings. The number of hydrogen-bond acceptors (Lipinski definition) is 2. The maximum Gasteiger partial charge on any atom is 0.428 e. The van der Waals surface area contributed by atoms with Crippen LogP contribution in [-0.4, -0.2) is 32.8 Å². The van der Waals surface area contributed by atoms with Crippen LogP contribution in [0.4, 0.5) is 26.3 Å². The normalized spacial score (nSPS) is 13.9. The first-order valence-electron chi connectivity index (χ1n) is 5.54. The summed E-state index contributed by atoms with van der Waals surface area (Å²) in [6, 6.07) is 2.59. The van der Waals surface area contributed by atoms with Crippen LogP contribution >= 0.6 is 27.5 Å². The molecule has 0 radical (unpaired) electrons. The van der Waals surface area contributed by atoms with Gasteiger partial charge < -0.3 is 5.11 Å². The van der Waals surface area contributed by atoms with Crippen molar-refractivity contribution < 1.29 is 31.4 Å². The molecule has 2 rings (SSSR count). The second-order valence-corrected chi connectivity index (χ2v) is 5.68. The lowest BCUT2D eigenvalue weighted by Crippen LogP contribution is -2.59. The van der Waals surface area contributed by atoms with Gasteiger partial charge in [0.15, 0.2) is 0 Å². The van der Waals surface area contributed by atoms with Crippen LogP contribution in [-0.2, 0) is 6.54 Å².